The van der Waals surface area contributed by atoms with Crippen LogP contribution in [0.15, 0.2) is 78.5 Å². The molecule has 0 spiro atoms. The molecule has 0 radical (unpaired) electrons. The molecule has 3 heterocycles. The number of anilines is 1. The number of rotatable bonds is 12. The Balaban J connectivity index is 1.28. The fourth-order valence-corrected chi connectivity index (χ4v) is 7.51. The molecule has 48 heavy (non-hydrogen) atoms. The summed E-state index contributed by atoms with van der Waals surface area (Å²) >= 11 is 0. The molecular formula is C37H45N3O7P+. The highest BCUT2D eigenvalue weighted by atomic mass is 31.2. The zero-order chi connectivity index (χ0) is 34.9. The van der Waals surface area contributed by atoms with Gasteiger partial charge in [0.05, 0.1) is 10.7 Å². The average molecular weight is 675 g/mol. The number of amides is 2. The van der Waals surface area contributed by atoms with Gasteiger partial charge in [-0.2, -0.15) is 4.58 Å². The molecule has 10 nitrogen and oxygen atoms in total. The van der Waals surface area contributed by atoms with Gasteiger partial charge in [-0.1, -0.05) is 50.3 Å². The topological polar surface area (TPSA) is 127 Å². The first-order valence-electron chi connectivity index (χ1n) is 16.5. The Hall–Kier alpha value is -4.11. The third-order valence-electron chi connectivity index (χ3n) is 9.52. The number of hydroxylamine groups is 2. The predicted molar refractivity (Wildman–Crippen MR) is 185 cm³/mol. The summed E-state index contributed by atoms with van der Waals surface area (Å²) in [5, 5.41) is 0.629. The minimum atomic E-state index is -4.36. The third-order valence-corrected chi connectivity index (χ3v) is 10.5. The lowest BCUT2D eigenvalue weighted by Gasteiger charge is -2.25. The molecule has 2 N–H and O–H groups in total. The summed E-state index contributed by atoms with van der Waals surface area (Å²) < 4.78 is 14.3. The summed E-state index contributed by atoms with van der Waals surface area (Å²) in [5.41, 5.74) is 5.83. The quantitative estimate of drug-likeness (QED) is 0.0945. The average Bonchev–Trinajstić information content (AvgIpc) is 3.55. The number of carbonyl (C=O) groups excluding carboxylic acids is 3. The molecule has 2 aromatic rings. The zero-order valence-electron chi connectivity index (χ0n) is 28.3. The molecule has 0 bridgehead atoms. The summed E-state index contributed by atoms with van der Waals surface area (Å²) in [6.45, 7) is 12.1. The van der Waals surface area contributed by atoms with Crippen LogP contribution >= 0.6 is 7.60 Å². The van der Waals surface area contributed by atoms with Gasteiger partial charge >= 0.3 is 13.6 Å². The van der Waals surface area contributed by atoms with E-state index < -0.39 is 30.8 Å². The number of unbranched alkanes of at least 4 members (excludes halogenated alkanes) is 2. The maximum atomic E-state index is 12.2. The smallest absolute Gasteiger partial charge is 0.344 e. The first-order valence-corrected chi connectivity index (χ1v) is 18.1. The maximum Gasteiger partial charge on any atom is 0.356 e. The molecule has 0 atom stereocenters. The lowest BCUT2D eigenvalue weighted by Crippen LogP contribution is -2.31. The number of likely N-dealkylation sites (N-methyl/N-ethyl adjacent to an activating group) is 1. The number of fused-ring (bicyclic) bond motifs is 2. The molecule has 2 amide bonds. The Morgan fingerprint density at radius 3 is 2.33 bits per heavy atom. The monoisotopic (exact) mass is 674 g/mol. The summed E-state index contributed by atoms with van der Waals surface area (Å²) in [6.07, 6.45) is 12.8. The van der Waals surface area contributed by atoms with Crippen LogP contribution in [0.3, 0.4) is 0 Å². The molecule has 11 heteroatoms. The van der Waals surface area contributed by atoms with Crippen molar-refractivity contribution in [3.63, 3.8) is 0 Å². The van der Waals surface area contributed by atoms with E-state index in [1.807, 2.05) is 24.3 Å². The summed E-state index contributed by atoms with van der Waals surface area (Å²) in [5.74, 6) is -1.51. The molecule has 0 unspecified atom stereocenters. The molecule has 3 aliphatic rings. The molecule has 1 fully saturated rings. The first-order chi connectivity index (χ1) is 22.7. The summed E-state index contributed by atoms with van der Waals surface area (Å²) in [7, 11) is -4.36. The third kappa shape index (κ3) is 6.88. The van der Waals surface area contributed by atoms with Gasteiger partial charge in [0.1, 0.15) is 6.54 Å². The van der Waals surface area contributed by atoms with E-state index in [1.54, 1.807) is 12.1 Å². The van der Waals surface area contributed by atoms with E-state index in [4.69, 9.17) is 4.84 Å². The maximum absolute atomic E-state index is 12.2. The van der Waals surface area contributed by atoms with Crippen molar-refractivity contribution in [2.24, 2.45) is 0 Å². The van der Waals surface area contributed by atoms with E-state index in [2.05, 4.69) is 74.4 Å². The molecule has 0 saturated carbocycles. The van der Waals surface area contributed by atoms with Crippen LogP contribution in [0.5, 0.6) is 0 Å². The van der Waals surface area contributed by atoms with Gasteiger partial charge in [0, 0.05) is 66.7 Å². The van der Waals surface area contributed by atoms with Crippen molar-refractivity contribution in [1.82, 2.24) is 5.06 Å². The van der Waals surface area contributed by atoms with Crippen molar-refractivity contribution < 1.29 is 38.1 Å². The van der Waals surface area contributed by atoms with Gasteiger partial charge < -0.3 is 19.5 Å². The van der Waals surface area contributed by atoms with Crippen molar-refractivity contribution in [1.29, 1.82) is 0 Å². The standard InChI is InChI=1S/C37H44N3O7P/c1-6-38-30-21-20-26(48(44,45)46)25-28(30)37(4,5)31(38)17-9-7-10-18-32-36(2,3)27-15-12-13-16-29(27)39(32)24-14-8-11-19-35(43)47-40-33(41)22-23-34(40)42/h7,9-10,12-13,15-18,20-21,25H,6,8,11,14,19,22-24H2,1-5H3,(H-,44,45,46)/p+1. The van der Waals surface area contributed by atoms with E-state index in [0.29, 0.717) is 11.5 Å². The fraction of sp³-hybridized carbons (Fsp3) is 0.405. The lowest BCUT2D eigenvalue weighted by atomic mass is 9.81. The van der Waals surface area contributed by atoms with Crippen molar-refractivity contribution in [3.8, 4) is 0 Å². The number of benzene rings is 2. The van der Waals surface area contributed by atoms with Gasteiger partial charge in [-0.25, -0.2) is 4.79 Å². The highest BCUT2D eigenvalue weighted by molar-refractivity contribution is 7.60. The van der Waals surface area contributed by atoms with Crippen molar-refractivity contribution in [3.05, 3.63) is 89.7 Å². The van der Waals surface area contributed by atoms with Crippen molar-refractivity contribution in [2.75, 3.05) is 18.0 Å². The van der Waals surface area contributed by atoms with E-state index in [0.717, 1.165) is 48.6 Å². The SMILES string of the molecule is CCN1/C(=C/C=C/C=C/C2=[N+](CCCCCC(=O)ON3C(=O)CCC3=O)c3ccccc3C2(C)C)C(C)(C)c2cc(P(=O)(O)O)ccc21. The minimum Gasteiger partial charge on any atom is -0.344 e. The van der Waals surface area contributed by atoms with E-state index in [-0.39, 0.29) is 30.0 Å². The van der Waals surface area contributed by atoms with Crippen LogP contribution in [0.4, 0.5) is 11.4 Å². The van der Waals surface area contributed by atoms with Crippen LogP contribution in [0.25, 0.3) is 0 Å². The van der Waals surface area contributed by atoms with E-state index in [9.17, 15) is 28.7 Å². The normalized spacial score (nSPS) is 19.4. The van der Waals surface area contributed by atoms with E-state index >= 15 is 0 Å². The van der Waals surface area contributed by atoms with Gasteiger partial charge in [0.25, 0.3) is 11.8 Å². The van der Waals surface area contributed by atoms with Crippen molar-refractivity contribution in [2.45, 2.75) is 84.0 Å². The predicted octanol–water partition coefficient (Wildman–Crippen LogP) is 5.85. The zero-order valence-corrected chi connectivity index (χ0v) is 29.2. The highest BCUT2D eigenvalue weighted by Gasteiger charge is 2.44. The summed E-state index contributed by atoms with van der Waals surface area (Å²) in [6, 6.07) is 13.4. The molecule has 0 aromatic heterocycles. The van der Waals surface area contributed by atoms with Crippen molar-refractivity contribution >= 4 is 47.8 Å². The second-order valence-electron chi connectivity index (χ2n) is 13.4. The fourth-order valence-electron chi connectivity index (χ4n) is 6.95. The van der Waals surface area contributed by atoms with Crippen LogP contribution < -0.4 is 10.2 Å². The Bertz CT molecular complexity index is 1780. The van der Waals surface area contributed by atoms with Crippen LogP contribution in [-0.2, 0) is 34.6 Å². The molecule has 2 aromatic carbocycles. The molecular weight excluding hydrogens is 629 g/mol. The lowest BCUT2D eigenvalue weighted by molar-refractivity contribution is -0.438. The number of imide groups is 1. The molecule has 1 saturated heterocycles. The highest BCUT2D eigenvalue weighted by Crippen LogP contribution is 2.49. The number of hydrogen-bond donors (Lipinski definition) is 2. The second kappa shape index (κ2) is 13.8. The number of carbonyl (C=O) groups is 3. The number of hydrogen-bond acceptors (Lipinski definition) is 6. The summed E-state index contributed by atoms with van der Waals surface area (Å²) in [4.78, 5) is 62.3. The van der Waals surface area contributed by atoms with Gasteiger partial charge in [0.2, 0.25) is 5.69 Å². The number of para-hydroxylation sites is 1. The van der Waals surface area contributed by atoms with Gasteiger partial charge in [-0.3, -0.25) is 14.2 Å². The van der Waals surface area contributed by atoms with Gasteiger partial charge in [-0.05, 0) is 63.5 Å². The Labute approximate surface area is 282 Å². The Morgan fingerprint density at radius 1 is 0.938 bits per heavy atom. The van der Waals surface area contributed by atoms with Gasteiger partial charge in [-0.15, -0.1) is 5.06 Å². The van der Waals surface area contributed by atoms with Crippen LogP contribution in [0.2, 0.25) is 0 Å². The number of nitrogens with zero attached hydrogens (tertiary/aromatic N) is 3. The van der Waals surface area contributed by atoms with Crippen LogP contribution in [0, 0.1) is 0 Å². The van der Waals surface area contributed by atoms with E-state index in [1.165, 1.54) is 17.3 Å². The molecule has 3 aliphatic heterocycles. The molecule has 0 aliphatic carbocycles. The Kier molecular flexibility index (Phi) is 10.1. The number of allylic oxidation sites excluding steroid dienone is 6. The van der Waals surface area contributed by atoms with Crippen LogP contribution in [0.1, 0.15) is 84.3 Å². The first kappa shape index (κ1) is 35.2. The van der Waals surface area contributed by atoms with Crippen LogP contribution in [-0.4, -0.2) is 56.0 Å². The van der Waals surface area contributed by atoms with Gasteiger partial charge in [0.15, 0.2) is 5.71 Å². The largest absolute Gasteiger partial charge is 0.356 e. The Morgan fingerprint density at radius 2 is 1.65 bits per heavy atom. The second-order valence-corrected chi connectivity index (χ2v) is 15.0. The minimum absolute atomic E-state index is 0.0299. The molecule has 5 rings (SSSR count). The molecule has 254 valence electrons.